The second kappa shape index (κ2) is 7.07. The number of aliphatic hydroxyl groups is 1. The van der Waals surface area contributed by atoms with Crippen LogP contribution in [-0.2, 0) is 11.3 Å². The summed E-state index contributed by atoms with van der Waals surface area (Å²) in [6.07, 6.45) is 2.66. The number of fused-ring (bicyclic) bond motifs is 1. The molecule has 0 fully saturated rings. The van der Waals surface area contributed by atoms with Crippen molar-refractivity contribution in [1.29, 1.82) is 0 Å². The number of benzene rings is 1. The van der Waals surface area contributed by atoms with Crippen LogP contribution in [0.5, 0.6) is 5.88 Å². The number of nitrogens with zero attached hydrogens (tertiary/aromatic N) is 1. The Morgan fingerprint density at radius 2 is 1.89 bits per heavy atom. The minimum Gasteiger partial charge on any atom is -0.475 e. The van der Waals surface area contributed by atoms with Gasteiger partial charge in [0.2, 0.25) is 5.88 Å². The zero-order chi connectivity index (χ0) is 13.5. The zero-order valence-corrected chi connectivity index (χ0v) is 11.1. The van der Waals surface area contributed by atoms with E-state index >= 15 is 0 Å². The summed E-state index contributed by atoms with van der Waals surface area (Å²) in [4.78, 5) is 4.26. The van der Waals surface area contributed by atoms with Gasteiger partial charge in [-0.05, 0) is 17.9 Å². The van der Waals surface area contributed by atoms with E-state index in [1.165, 1.54) is 0 Å². The first-order valence-electron chi connectivity index (χ1n) is 6.54. The first-order valence-corrected chi connectivity index (χ1v) is 6.54. The Hall–Kier alpha value is -1.65. The van der Waals surface area contributed by atoms with Crippen LogP contribution in [0.15, 0.2) is 30.5 Å². The van der Waals surface area contributed by atoms with E-state index in [2.05, 4.69) is 11.9 Å². The Labute approximate surface area is 113 Å². The van der Waals surface area contributed by atoms with Gasteiger partial charge in [-0.3, -0.25) is 0 Å². The van der Waals surface area contributed by atoms with Crippen LogP contribution in [-0.4, -0.2) is 29.9 Å². The lowest BCUT2D eigenvalue weighted by Gasteiger charge is -2.10. The molecule has 0 aliphatic carbocycles. The molecule has 1 N–H and O–H groups in total. The van der Waals surface area contributed by atoms with E-state index in [9.17, 15) is 5.11 Å². The van der Waals surface area contributed by atoms with Gasteiger partial charge in [0.25, 0.3) is 0 Å². The molecule has 0 spiro atoms. The summed E-state index contributed by atoms with van der Waals surface area (Å²) in [6, 6.07) is 7.79. The summed E-state index contributed by atoms with van der Waals surface area (Å²) in [5.74, 6) is 0.591. The lowest BCUT2D eigenvalue weighted by atomic mass is 10.1. The smallest absolute Gasteiger partial charge is 0.221 e. The molecule has 0 saturated carbocycles. The van der Waals surface area contributed by atoms with Crippen LogP contribution >= 0.6 is 0 Å². The molecule has 1 heterocycles. The van der Waals surface area contributed by atoms with Crippen molar-refractivity contribution in [3.05, 3.63) is 36.0 Å². The molecule has 0 atom stereocenters. The van der Waals surface area contributed by atoms with Crippen LogP contribution in [0.25, 0.3) is 10.8 Å². The Kier molecular flexibility index (Phi) is 5.12. The van der Waals surface area contributed by atoms with Gasteiger partial charge in [-0.25, -0.2) is 4.98 Å². The highest BCUT2D eigenvalue weighted by molar-refractivity contribution is 5.89. The van der Waals surface area contributed by atoms with Gasteiger partial charge in [0.15, 0.2) is 0 Å². The second-order valence-electron chi connectivity index (χ2n) is 4.25. The largest absolute Gasteiger partial charge is 0.475 e. The summed E-state index contributed by atoms with van der Waals surface area (Å²) in [5, 5.41) is 11.2. The maximum absolute atomic E-state index is 9.30. The second-order valence-corrected chi connectivity index (χ2v) is 4.25. The van der Waals surface area contributed by atoms with Crippen molar-refractivity contribution in [3.8, 4) is 5.88 Å². The van der Waals surface area contributed by atoms with Gasteiger partial charge < -0.3 is 14.6 Å². The van der Waals surface area contributed by atoms with Crippen LogP contribution in [0, 0.1) is 0 Å². The van der Waals surface area contributed by atoms with Crippen LogP contribution < -0.4 is 4.74 Å². The van der Waals surface area contributed by atoms with Gasteiger partial charge in [0.05, 0.1) is 13.2 Å². The van der Waals surface area contributed by atoms with Crippen molar-refractivity contribution in [3.63, 3.8) is 0 Å². The first kappa shape index (κ1) is 13.8. The molecular weight excluding hydrogens is 242 g/mol. The predicted octanol–water partition coefficient (Wildman–Crippen LogP) is 2.53. The third-order valence-corrected chi connectivity index (χ3v) is 2.83. The highest BCUT2D eigenvalue weighted by Crippen LogP contribution is 2.25. The molecule has 2 rings (SSSR count). The molecule has 1 aromatic heterocycles. The SMILES string of the molecule is CCCOCCOc1ncc(CO)c2ccccc12. The molecule has 19 heavy (non-hydrogen) atoms. The normalized spacial score (nSPS) is 10.8. The maximum atomic E-state index is 9.30. The van der Waals surface area contributed by atoms with Crippen LogP contribution in [0.1, 0.15) is 18.9 Å². The average Bonchev–Trinajstić information content (AvgIpc) is 2.47. The molecule has 0 amide bonds. The van der Waals surface area contributed by atoms with Gasteiger partial charge in [-0.2, -0.15) is 0 Å². The molecule has 0 radical (unpaired) electrons. The maximum Gasteiger partial charge on any atom is 0.221 e. The van der Waals surface area contributed by atoms with Crippen molar-refractivity contribution < 1.29 is 14.6 Å². The summed E-state index contributed by atoms with van der Waals surface area (Å²) < 4.78 is 11.0. The molecule has 0 saturated heterocycles. The molecule has 4 heteroatoms. The third-order valence-electron chi connectivity index (χ3n) is 2.83. The van der Waals surface area contributed by atoms with Gasteiger partial charge in [0, 0.05) is 23.8 Å². The van der Waals surface area contributed by atoms with E-state index < -0.39 is 0 Å². The number of hydrogen-bond acceptors (Lipinski definition) is 4. The number of aliphatic hydroxyl groups excluding tert-OH is 1. The molecule has 0 aliphatic rings. The summed E-state index contributed by atoms with van der Waals surface area (Å²) in [6.45, 7) is 3.85. The molecule has 0 aliphatic heterocycles. The summed E-state index contributed by atoms with van der Waals surface area (Å²) in [7, 11) is 0. The van der Waals surface area contributed by atoms with Gasteiger partial charge in [-0.15, -0.1) is 0 Å². The van der Waals surface area contributed by atoms with E-state index in [1.807, 2.05) is 24.3 Å². The molecular formula is C15H19NO3. The molecule has 4 nitrogen and oxygen atoms in total. The number of pyridine rings is 1. The van der Waals surface area contributed by atoms with Crippen LogP contribution in [0.4, 0.5) is 0 Å². The van der Waals surface area contributed by atoms with E-state index in [1.54, 1.807) is 6.20 Å². The quantitative estimate of drug-likeness (QED) is 0.778. The fourth-order valence-electron chi connectivity index (χ4n) is 1.91. The topological polar surface area (TPSA) is 51.6 Å². The van der Waals surface area contributed by atoms with Crippen molar-refractivity contribution in [2.45, 2.75) is 20.0 Å². The van der Waals surface area contributed by atoms with E-state index in [0.717, 1.165) is 29.4 Å². The Bertz CT molecular complexity index is 528. The highest BCUT2D eigenvalue weighted by atomic mass is 16.5. The number of rotatable bonds is 7. The lowest BCUT2D eigenvalue weighted by molar-refractivity contribution is 0.0996. The molecule has 1 aromatic carbocycles. The molecule has 102 valence electrons. The third kappa shape index (κ3) is 3.43. The van der Waals surface area contributed by atoms with Crippen LogP contribution in [0.2, 0.25) is 0 Å². The average molecular weight is 261 g/mol. The zero-order valence-electron chi connectivity index (χ0n) is 11.1. The Morgan fingerprint density at radius 3 is 2.63 bits per heavy atom. The standard InChI is InChI=1S/C15H19NO3/c1-2-7-18-8-9-19-15-14-6-4-3-5-13(14)12(11-17)10-16-15/h3-6,10,17H,2,7-9,11H2,1H3. The van der Waals surface area contributed by atoms with Crippen LogP contribution in [0.3, 0.4) is 0 Å². The fraction of sp³-hybridized carbons (Fsp3) is 0.400. The van der Waals surface area contributed by atoms with Gasteiger partial charge >= 0.3 is 0 Å². The predicted molar refractivity (Wildman–Crippen MR) is 74.3 cm³/mol. The summed E-state index contributed by atoms with van der Waals surface area (Å²) >= 11 is 0. The van der Waals surface area contributed by atoms with Crippen molar-refractivity contribution in [2.24, 2.45) is 0 Å². The van der Waals surface area contributed by atoms with Crippen molar-refractivity contribution in [2.75, 3.05) is 19.8 Å². The van der Waals surface area contributed by atoms with E-state index in [4.69, 9.17) is 9.47 Å². The first-order chi connectivity index (χ1) is 9.36. The Balaban J connectivity index is 2.11. The van der Waals surface area contributed by atoms with Gasteiger partial charge in [-0.1, -0.05) is 25.1 Å². The lowest BCUT2D eigenvalue weighted by Crippen LogP contribution is -2.08. The van der Waals surface area contributed by atoms with Crippen molar-refractivity contribution >= 4 is 10.8 Å². The van der Waals surface area contributed by atoms with E-state index in [-0.39, 0.29) is 6.61 Å². The minimum absolute atomic E-state index is 0.0204. The Morgan fingerprint density at radius 1 is 1.11 bits per heavy atom. The number of ether oxygens (including phenoxy) is 2. The molecule has 2 aromatic rings. The molecule has 0 bridgehead atoms. The fourth-order valence-corrected chi connectivity index (χ4v) is 1.91. The number of aromatic nitrogens is 1. The minimum atomic E-state index is -0.0204. The summed E-state index contributed by atoms with van der Waals surface area (Å²) in [5.41, 5.74) is 0.810. The molecule has 0 unspecified atom stereocenters. The monoisotopic (exact) mass is 261 g/mol. The number of hydrogen-bond donors (Lipinski definition) is 1. The van der Waals surface area contributed by atoms with E-state index in [0.29, 0.717) is 19.1 Å². The highest BCUT2D eigenvalue weighted by Gasteiger charge is 2.07. The van der Waals surface area contributed by atoms with Crippen molar-refractivity contribution in [1.82, 2.24) is 4.98 Å². The van der Waals surface area contributed by atoms with Gasteiger partial charge in [0.1, 0.15) is 6.61 Å².